The number of aryl methyl sites for hydroxylation is 4. The van der Waals surface area contributed by atoms with Crippen LogP contribution in [0.1, 0.15) is 62.8 Å². The number of hydrogen-bond donors (Lipinski definition) is 0. The van der Waals surface area contributed by atoms with E-state index in [0.29, 0.717) is 11.8 Å². The lowest BCUT2D eigenvalue weighted by Gasteiger charge is -2.26. The van der Waals surface area contributed by atoms with Crippen molar-refractivity contribution in [3.05, 3.63) is 142 Å². The van der Waals surface area contributed by atoms with Gasteiger partial charge in [0, 0.05) is 11.8 Å². The quantitative estimate of drug-likeness (QED) is 0.303. The van der Waals surface area contributed by atoms with Gasteiger partial charge in [0.05, 0.1) is 0 Å². The zero-order chi connectivity index (χ0) is 21.8. The molecule has 0 nitrogen and oxygen atoms in total. The minimum Gasteiger partial charge on any atom is -0.0617 e. The summed E-state index contributed by atoms with van der Waals surface area (Å²) in [6.45, 7) is 8.76. The Morgan fingerprint density at radius 3 is 0.903 bits per heavy atom. The van der Waals surface area contributed by atoms with Crippen molar-refractivity contribution in [1.29, 1.82) is 0 Å². The van der Waals surface area contributed by atoms with Crippen LogP contribution in [0, 0.1) is 27.7 Å². The summed E-state index contributed by atoms with van der Waals surface area (Å²) in [4.78, 5) is 0. The van der Waals surface area contributed by atoms with E-state index in [1.54, 1.807) is 0 Å². The van der Waals surface area contributed by atoms with Crippen molar-refractivity contribution in [3.63, 3.8) is 0 Å². The van der Waals surface area contributed by atoms with Gasteiger partial charge in [-0.05, 0) is 56.4 Å². The Balaban J connectivity index is 1.84. The molecule has 0 aliphatic heterocycles. The highest BCUT2D eigenvalue weighted by Crippen LogP contribution is 2.39. The first-order valence-electron chi connectivity index (χ1n) is 11.3. The second-order valence-corrected chi connectivity index (χ2v) is 9.00. The molecule has 4 rings (SSSR count). The summed E-state index contributed by atoms with van der Waals surface area (Å²) < 4.78 is 0. The maximum Gasteiger partial charge on any atom is 0.00985 e. The second-order valence-electron chi connectivity index (χ2n) is 9.00. The molecule has 0 radical (unpaired) electrons. The van der Waals surface area contributed by atoms with Crippen molar-refractivity contribution in [2.24, 2.45) is 0 Å². The van der Waals surface area contributed by atoms with Gasteiger partial charge in [-0.1, -0.05) is 119 Å². The average molecular weight is 405 g/mol. The van der Waals surface area contributed by atoms with E-state index in [4.69, 9.17) is 0 Å². The van der Waals surface area contributed by atoms with Gasteiger partial charge in [-0.2, -0.15) is 0 Å². The van der Waals surface area contributed by atoms with Gasteiger partial charge in [-0.15, -0.1) is 0 Å². The van der Waals surface area contributed by atoms with Crippen molar-refractivity contribution < 1.29 is 0 Å². The van der Waals surface area contributed by atoms with Crippen molar-refractivity contribution >= 4 is 0 Å². The third kappa shape index (κ3) is 5.14. The summed E-state index contributed by atoms with van der Waals surface area (Å²) in [5.41, 5.74) is 10.9. The fraction of sp³-hybridized carbons (Fsp3) is 0.226. The highest BCUT2D eigenvalue weighted by atomic mass is 14.3. The molecule has 156 valence electrons. The third-order valence-corrected chi connectivity index (χ3v) is 6.25. The Hall–Kier alpha value is -3.12. The van der Waals surface area contributed by atoms with E-state index in [-0.39, 0.29) is 0 Å². The van der Waals surface area contributed by atoms with E-state index in [2.05, 4.69) is 125 Å². The molecular weight excluding hydrogens is 372 g/mol. The Kier molecular flexibility index (Phi) is 6.37. The largest absolute Gasteiger partial charge is 0.0617 e. The van der Waals surface area contributed by atoms with Gasteiger partial charge in [-0.25, -0.2) is 0 Å². The number of benzene rings is 4. The van der Waals surface area contributed by atoms with Crippen LogP contribution in [0.2, 0.25) is 0 Å². The Bertz CT molecular complexity index is 984. The van der Waals surface area contributed by atoms with E-state index in [1.165, 1.54) is 44.5 Å². The first-order chi connectivity index (χ1) is 15.0. The fourth-order valence-corrected chi connectivity index (χ4v) is 4.71. The van der Waals surface area contributed by atoms with Crippen molar-refractivity contribution in [2.45, 2.75) is 46.0 Å². The molecule has 0 saturated heterocycles. The van der Waals surface area contributed by atoms with Crippen LogP contribution < -0.4 is 0 Å². The molecule has 0 aliphatic rings. The van der Waals surface area contributed by atoms with Gasteiger partial charge >= 0.3 is 0 Å². The summed E-state index contributed by atoms with van der Waals surface area (Å²) in [5.74, 6) is 0.677. The number of rotatable bonds is 6. The van der Waals surface area contributed by atoms with E-state index in [1.807, 2.05) is 0 Å². The molecule has 4 aromatic carbocycles. The van der Waals surface area contributed by atoms with Crippen molar-refractivity contribution in [1.82, 2.24) is 0 Å². The van der Waals surface area contributed by atoms with E-state index >= 15 is 0 Å². The minimum absolute atomic E-state index is 0.339. The molecule has 0 heteroatoms. The second kappa shape index (κ2) is 9.35. The summed E-state index contributed by atoms with van der Waals surface area (Å²) in [6.07, 6.45) is 1.04. The van der Waals surface area contributed by atoms with Gasteiger partial charge < -0.3 is 0 Å². The summed E-state index contributed by atoms with van der Waals surface area (Å²) in [5, 5.41) is 0. The van der Waals surface area contributed by atoms with E-state index in [0.717, 1.165) is 6.42 Å². The van der Waals surface area contributed by atoms with E-state index in [9.17, 15) is 0 Å². The summed E-state index contributed by atoms with van der Waals surface area (Å²) in [6, 6.07) is 36.2. The Morgan fingerprint density at radius 2 is 0.677 bits per heavy atom. The van der Waals surface area contributed by atoms with Crippen molar-refractivity contribution in [2.75, 3.05) is 0 Å². The lowest BCUT2D eigenvalue weighted by Crippen LogP contribution is -2.10. The predicted octanol–water partition coefficient (Wildman–Crippen LogP) is 8.27. The maximum absolute atomic E-state index is 2.36. The highest BCUT2D eigenvalue weighted by Gasteiger charge is 2.23. The van der Waals surface area contributed by atoms with Crippen LogP contribution in [0.4, 0.5) is 0 Å². The van der Waals surface area contributed by atoms with Gasteiger partial charge in [0.1, 0.15) is 0 Å². The molecular formula is C31H32. The van der Waals surface area contributed by atoms with Crippen LogP contribution in [0.3, 0.4) is 0 Å². The summed E-state index contributed by atoms with van der Waals surface area (Å²) >= 11 is 0. The van der Waals surface area contributed by atoms with Gasteiger partial charge in [-0.3, -0.25) is 0 Å². The first kappa shape index (κ1) is 21.1. The molecule has 0 atom stereocenters. The molecule has 0 aliphatic carbocycles. The standard InChI is InChI=1S/C31H32/c1-22-9-5-13-26(17-22)30(27-14-6-10-23(2)18-27)21-31(28-15-7-11-24(3)19-28)29-16-8-12-25(4)20-29/h5-20,30-31H,21H2,1-4H3. The lowest BCUT2D eigenvalue weighted by atomic mass is 9.77. The normalized spacial score (nSPS) is 11.3. The topological polar surface area (TPSA) is 0 Å². The summed E-state index contributed by atoms with van der Waals surface area (Å²) in [7, 11) is 0. The molecule has 0 saturated carbocycles. The predicted molar refractivity (Wildman–Crippen MR) is 133 cm³/mol. The van der Waals surface area contributed by atoms with Crippen LogP contribution in [0.5, 0.6) is 0 Å². The lowest BCUT2D eigenvalue weighted by molar-refractivity contribution is 0.642. The number of hydrogen-bond acceptors (Lipinski definition) is 0. The highest BCUT2D eigenvalue weighted by molar-refractivity contribution is 5.41. The Morgan fingerprint density at radius 1 is 0.419 bits per heavy atom. The molecule has 0 unspecified atom stereocenters. The molecule has 4 aromatic rings. The molecule has 0 aromatic heterocycles. The fourth-order valence-electron chi connectivity index (χ4n) is 4.71. The Labute approximate surface area is 187 Å². The average Bonchev–Trinajstić information content (AvgIpc) is 2.74. The van der Waals surface area contributed by atoms with Crippen LogP contribution in [-0.2, 0) is 0 Å². The van der Waals surface area contributed by atoms with Crippen molar-refractivity contribution in [3.8, 4) is 0 Å². The van der Waals surface area contributed by atoms with E-state index < -0.39 is 0 Å². The molecule has 0 spiro atoms. The zero-order valence-corrected chi connectivity index (χ0v) is 19.1. The zero-order valence-electron chi connectivity index (χ0n) is 19.1. The molecule has 0 N–H and O–H groups in total. The molecule has 0 amide bonds. The molecule has 0 bridgehead atoms. The minimum atomic E-state index is 0.339. The van der Waals surface area contributed by atoms with Crippen LogP contribution in [-0.4, -0.2) is 0 Å². The van der Waals surface area contributed by atoms with Gasteiger partial charge in [0.2, 0.25) is 0 Å². The smallest absolute Gasteiger partial charge is 0.00985 e. The van der Waals surface area contributed by atoms with Gasteiger partial charge in [0.25, 0.3) is 0 Å². The van der Waals surface area contributed by atoms with Crippen LogP contribution in [0.15, 0.2) is 97.1 Å². The maximum atomic E-state index is 2.36. The third-order valence-electron chi connectivity index (χ3n) is 6.25. The monoisotopic (exact) mass is 404 g/mol. The first-order valence-corrected chi connectivity index (χ1v) is 11.3. The van der Waals surface area contributed by atoms with Crippen LogP contribution >= 0.6 is 0 Å². The molecule has 0 fully saturated rings. The van der Waals surface area contributed by atoms with Crippen LogP contribution in [0.25, 0.3) is 0 Å². The molecule has 0 heterocycles. The van der Waals surface area contributed by atoms with Gasteiger partial charge in [0.15, 0.2) is 0 Å². The SMILES string of the molecule is Cc1cccc(C(CC(c2cccc(C)c2)c2cccc(C)c2)c2cccc(C)c2)c1. The molecule has 31 heavy (non-hydrogen) atoms.